The lowest BCUT2D eigenvalue weighted by Crippen LogP contribution is -2.47. The highest BCUT2D eigenvalue weighted by molar-refractivity contribution is 7.92. The van der Waals surface area contributed by atoms with Crippen LogP contribution in [0.4, 0.5) is 18.9 Å². The van der Waals surface area contributed by atoms with Crippen molar-refractivity contribution < 1.29 is 31.5 Å². The van der Waals surface area contributed by atoms with E-state index in [9.17, 15) is 36.3 Å². The van der Waals surface area contributed by atoms with Crippen LogP contribution in [0.25, 0.3) is 5.69 Å². The van der Waals surface area contributed by atoms with Gasteiger partial charge >= 0.3 is 11.2 Å². The number of rotatable bonds is 7. The molecule has 2 aromatic heterocycles. The molecule has 0 unspecified atom stereocenters. The Labute approximate surface area is 215 Å². The summed E-state index contributed by atoms with van der Waals surface area (Å²) in [5, 5.41) is 13.2. The molecule has 15 heteroatoms. The molecule has 11 nitrogen and oxygen atoms in total. The number of imidazole rings is 1. The highest BCUT2D eigenvalue weighted by Gasteiger charge is 2.46. The SMILES string of the molecule is CN1CCN(CC(=O)Nc2cnccc2Cn2cc(O)n(-c3ccc(S(=O)(=O)C(F)(F)F)cc3)c2=O)CC1. The van der Waals surface area contributed by atoms with Gasteiger partial charge in [0.15, 0.2) is 0 Å². The van der Waals surface area contributed by atoms with Gasteiger partial charge in [-0.3, -0.25) is 19.2 Å². The number of alkyl halides is 3. The van der Waals surface area contributed by atoms with Crippen molar-refractivity contribution in [2.75, 3.05) is 45.1 Å². The largest absolute Gasteiger partial charge is 0.501 e. The summed E-state index contributed by atoms with van der Waals surface area (Å²) in [4.78, 5) is 32.9. The molecular formula is C23H25F3N6O5S. The molecule has 4 rings (SSSR count). The first-order valence-electron chi connectivity index (χ1n) is 11.4. The van der Waals surface area contributed by atoms with E-state index in [1.807, 2.05) is 11.9 Å². The number of carbonyl (C=O) groups excluding carboxylic acids is 1. The maximum atomic E-state index is 13.0. The Balaban J connectivity index is 1.52. The lowest BCUT2D eigenvalue weighted by atomic mass is 10.2. The fourth-order valence-corrected chi connectivity index (χ4v) is 4.76. The van der Waals surface area contributed by atoms with Crippen LogP contribution < -0.4 is 11.0 Å². The monoisotopic (exact) mass is 554 g/mol. The van der Waals surface area contributed by atoms with E-state index in [0.29, 0.717) is 23.4 Å². The Kier molecular flexibility index (Phi) is 7.62. The van der Waals surface area contributed by atoms with Crippen molar-refractivity contribution in [1.29, 1.82) is 0 Å². The van der Waals surface area contributed by atoms with Crippen molar-refractivity contribution in [3.8, 4) is 11.6 Å². The standard InChI is InChI=1S/C23H25F3N6O5S/c1-29-8-10-30(11-9-29)14-20(33)28-19-12-27-7-6-16(19)13-31-15-21(34)32(22(31)35)17-2-4-18(5-3-17)38(36,37)23(24,25)26/h2-7,12,15,34H,8-11,13-14H2,1H3,(H,28,33). The number of carbonyl (C=O) groups is 1. The number of piperazine rings is 1. The van der Waals surface area contributed by atoms with E-state index >= 15 is 0 Å². The molecule has 204 valence electrons. The van der Waals surface area contributed by atoms with Crippen molar-refractivity contribution in [2.24, 2.45) is 0 Å². The van der Waals surface area contributed by atoms with Gasteiger partial charge in [-0.1, -0.05) is 0 Å². The number of sulfone groups is 1. The maximum Gasteiger partial charge on any atom is 0.501 e. The molecule has 0 spiro atoms. The van der Waals surface area contributed by atoms with E-state index in [0.717, 1.165) is 53.6 Å². The zero-order valence-corrected chi connectivity index (χ0v) is 21.0. The first kappa shape index (κ1) is 27.3. The Hall–Kier alpha value is -3.69. The lowest BCUT2D eigenvalue weighted by Gasteiger charge is -2.31. The zero-order chi connectivity index (χ0) is 27.7. The molecule has 1 aromatic carbocycles. The van der Waals surface area contributed by atoms with Crippen LogP contribution in [0.2, 0.25) is 0 Å². The summed E-state index contributed by atoms with van der Waals surface area (Å²) in [6, 6.07) is 4.99. The highest BCUT2D eigenvalue weighted by atomic mass is 32.2. The predicted octanol–water partition coefficient (Wildman–Crippen LogP) is 1.27. The second-order valence-corrected chi connectivity index (χ2v) is 10.8. The van der Waals surface area contributed by atoms with Crippen LogP contribution in [0.5, 0.6) is 5.88 Å². The number of aromatic nitrogens is 3. The van der Waals surface area contributed by atoms with Gasteiger partial charge in [0.2, 0.25) is 11.8 Å². The van der Waals surface area contributed by atoms with E-state index in [1.165, 1.54) is 12.4 Å². The average Bonchev–Trinajstić information content (AvgIpc) is 3.13. The number of hydrogen-bond acceptors (Lipinski definition) is 8. The molecule has 1 amide bonds. The van der Waals surface area contributed by atoms with E-state index in [4.69, 9.17) is 0 Å². The molecule has 1 aliphatic rings. The molecule has 0 aliphatic carbocycles. The Morgan fingerprint density at radius 3 is 2.39 bits per heavy atom. The molecule has 1 aliphatic heterocycles. The van der Waals surface area contributed by atoms with Crippen LogP contribution in [-0.2, 0) is 21.2 Å². The summed E-state index contributed by atoms with van der Waals surface area (Å²) in [6.45, 7) is 3.36. The summed E-state index contributed by atoms with van der Waals surface area (Å²) in [5.41, 5.74) is -5.34. The topological polar surface area (TPSA) is 130 Å². The Morgan fingerprint density at radius 2 is 1.76 bits per heavy atom. The zero-order valence-electron chi connectivity index (χ0n) is 20.2. The second kappa shape index (κ2) is 10.6. The molecule has 1 fully saturated rings. The van der Waals surface area contributed by atoms with Crippen molar-refractivity contribution in [3.05, 3.63) is 65.0 Å². The van der Waals surface area contributed by atoms with Crippen LogP contribution in [0.1, 0.15) is 5.56 Å². The van der Waals surface area contributed by atoms with Crippen LogP contribution in [0.15, 0.2) is 58.6 Å². The summed E-state index contributed by atoms with van der Waals surface area (Å²) < 4.78 is 63.5. The van der Waals surface area contributed by atoms with Gasteiger partial charge in [0.1, 0.15) is 0 Å². The Morgan fingerprint density at radius 1 is 1.11 bits per heavy atom. The number of nitrogens with one attached hydrogen (secondary N) is 1. The summed E-state index contributed by atoms with van der Waals surface area (Å²) >= 11 is 0. The summed E-state index contributed by atoms with van der Waals surface area (Å²) in [6.07, 6.45) is 4.05. The number of pyridine rings is 1. The van der Waals surface area contributed by atoms with Crippen molar-refractivity contribution in [3.63, 3.8) is 0 Å². The van der Waals surface area contributed by atoms with Gasteiger partial charge in [-0.15, -0.1) is 0 Å². The fraction of sp³-hybridized carbons (Fsp3) is 0.348. The quantitative estimate of drug-likeness (QED) is 0.447. The van der Waals surface area contributed by atoms with Crippen LogP contribution in [0, 0.1) is 0 Å². The predicted molar refractivity (Wildman–Crippen MR) is 131 cm³/mol. The van der Waals surface area contributed by atoms with Crippen LogP contribution >= 0.6 is 0 Å². The van der Waals surface area contributed by atoms with E-state index < -0.39 is 31.8 Å². The molecule has 0 bridgehead atoms. The molecule has 1 saturated heterocycles. The third-order valence-corrected chi connectivity index (χ3v) is 7.64. The van der Waals surface area contributed by atoms with Gasteiger partial charge in [0.25, 0.3) is 9.84 Å². The molecule has 3 aromatic rings. The minimum atomic E-state index is -5.56. The highest BCUT2D eigenvalue weighted by Crippen LogP contribution is 2.30. The third kappa shape index (κ3) is 5.74. The first-order valence-corrected chi connectivity index (χ1v) is 12.9. The van der Waals surface area contributed by atoms with Crippen molar-refractivity contribution in [2.45, 2.75) is 16.9 Å². The number of hydrogen-bond donors (Lipinski definition) is 2. The third-order valence-electron chi connectivity index (χ3n) is 6.14. The molecule has 2 N–H and O–H groups in total. The van der Waals surface area contributed by atoms with Gasteiger partial charge in [-0.2, -0.15) is 13.2 Å². The van der Waals surface area contributed by atoms with Gasteiger partial charge < -0.3 is 15.3 Å². The lowest BCUT2D eigenvalue weighted by molar-refractivity contribution is -0.117. The number of halogens is 3. The molecular weight excluding hydrogens is 529 g/mol. The van der Waals surface area contributed by atoms with Crippen LogP contribution in [0.3, 0.4) is 0 Å². The number of amides is 1. The van der Waals surface area contributed by atoms with E-state index in [-0.39, 0.29) is 24.7 Å². The van der Waals surface area contributed by atoms with Gasteiger partial charge in [-0.25, -0.2) is 17.8 Å². The smallest absolute Gasteiger partial charge is 0.493 e. The second-order valence-electron chi connectivity index (χ2n) is 8.84. The molecule has 0 radical (unpaired) electrons. The number of nitrogens with zero attached hydrogens (tertiary/aromatic N) is 5. The normalized spacial score (nSPS) is 15.5. The Bertz CT molecular complexity index is 1480. The fourth-order valence-electron chi connectivity index (χ4n) is 4.00. The summed E-state index contributed by atoms with van der Waals surface area (Å²) in [5.74, 6) is -0.762. The maximum absolute atomic E-state index is 13.0. The van der Waals surface area contributed by atoms with Gasteiger partial charge in [-0.05, 0) is 42.9 Å². The molecule has 3 heterocycles. The molecule has 0 saturated carbocycles. The average molecular weight is 555 g/mol. The first-order chi connectivity index (χ1) is 17.9. The molecule has 0 atom stereocenters. The number of benzene rings is 1. The van der Waals surface area contributed by atoms with E-state index in [1.54, 1.807) is 6.07 Å². The van der Waals surface area contributed by atoms with Crippen LogP contribution in [-0.4, -0.2) is 88.6 Å². The van der Waals surface area contributed by atoms with Crippen molar-refractivity contribution >= 4 is 21.4 Å². The minimum Gasteiger partial charge on any atom is -0.493 e. The van der Waals surface area contributed by atoms with Gasteiger partial charge in [0, 0.05) is 32.4 Å². The minimum absolute atomic E-state index is 0.0391. The summed E-state index contributed by atoms with van der Waals surface area (Å²) in [7, 11) is -3.54. The molecule has 38 heavy (non-hydrogen) atoms. The van der Waals surface area contributed by atoms with Gasteiger partial charge in [0.05, 0.1) is 41.8 Å². The van der Waals surface area contributed by atoms with Crippen molar-refractivity contribution in [1.82, 2.24) is 23.9 Å². The van der Waals surface area contributed by atoms with E-state index in [2.05, 4.69) is 15.2 Å². The number of aromatic hydroxyl groups is 1. The number of likely N-dealkylation sites (N-methyl/N-ethyl adjacent to an activating group) is 1. The number of anilines is 1.